The van der Waals surface area contributed by atoms with Crippen LogP contribution in [0.15, 0.2) is 40.9 Å². The second-order valence-corrected chi connectivity index (χ2v) is 5.85. The van der Waals surface area contributed by atoms with Crippen molar-refractivity contribution in [2.45, 2.75) is 13.8 Å². The normalized spacial score (nSPS) is 10.3. The summed E-state index contributed by atoms with van der Waals surface area (Å²) in [7, 11) is 0. The Labute approximate surface area is 141 Å². The number of carbonyl (C=O) groups is 2. The molecule has 0 saturated carbocycles. The molecule has 2 aromatic carbocycles. The molecule has 1 N–H and O–H groups in total. The molecule has 0 unspecified atom stereocenters. The first-order valence-corrected chi connectivity index (χ1v) is 7.66. The number of anilines is 1. The van der Waals surface area contributed by atoms with Gasteiger partial charge in [0.2, 0.25) is 0 Å². The molecule has 2 rings (SSSR count). The Bertz CT molecular complexity index is 761. The Morgan fingerprint density at radius 1 is 1.22 bits per heavy atom. The molecule has 0 aromatic heterocycles. The van der Waals surface area contributed by atoms with Crippen LogP contribution in [0.2, 0.25) is 0 Å². The van der Waals surface area contributed by atoms with E-state index < -0.39 is 24.3 Å². The lowest BCUT2D eigenvalue weighted by Crippen LogP contribution is -2.21. The minimum absolute atomic E-state index is 0.0320. The van der Waals surface area contributed by atoms with E-state index in [0.29, 0.717) is 10.2 Å². The van der Waals surface area contributed by atoms with E-state index in [1.807, 2.05) is 26.0 Å². The Morgan fingerprint density at radius 3 is 2.70 bits per heavy atom. The predicted molar refractivity (Wildman–Crippen MR) is 88.9 cm³/mol. The zero-order valence-electron chi connectivity index (χ0n) is 12.7. The van der Waals surface area contributed by atoms with Crippen LogP contribution in [0.4, 0.5) is 10.1 Å². The first-order valence-electron chi connectivity index (χ1n) is 6.86. The smallest absolute Gasteiger partial charge is 0.339 e. The fourth-order valence-electron chi connectivity index (χ4n) is 1.94. The SMILES string of the molecule is Cc1cccc(NC(=O)COC(=O)c2cc(F)ccc2Br)c1C. The van der Waals surface area contributed by atoms with E-state index in [0.717, 1.165) is 17.2 Å². The van der Waals surface area contributed by atoms with Gasteiger partial charge in [-0.25, -0.2) is 9.18 Å². The molecular weight excluding hydrogens is 365 g/mol. The molecule has 1 amide bonds. The average Bonchev–Trinajstić information content (AvgIpc) is 2.52. The molecule has 0 saturated heterocycles. The van der Waals surface area contributed by atoms with Crippen LogP contribution in [-0.2, 0) is 9.53 Å². The average molecular weight is 380 g/mol. The molecule has 6 heteroatoms. The molecule has 0 atom stereocenters. The summed E-state index contributed by atoms with van der Waals surface area (Å²) in [6.07, 6.45) is 0. The van der Waals surface area contributed by atoms with Crippen LogP contribution in [0.1, 0.15) is 21.5 Å². The monoisotopic (exact) mass is 379 g/mol. The highest BCUT2D eigenvalue weighted by molar-refractivity contribution is 9.10. The van der Waals surface area contributed by atoms with Crippen molar-refractivity contribution in [3.8, 4) is 0 Å². The number of hydrogen-bond donors (Lipinski definition) is 1. The minimum atomic E-state index is -0.771. The largest absolute Gasteiger partial charge is 0.452 e. The Balaban J connectivity index is 1.98. The molecule has 0 bridgehead atoms. The Kier molecular flexibility index (Phi) is 5.50. The maximum absolute atomic E-state index is 13.2. The number of halogens is 2. The van der Waals surface area contributed by atoms with E-state index in [4.69, 9.17) is 4.74 Å². The van der Waals surface area contributed by atoms with Gasteiger partial charge >= 0.3 is 5.97 Å². The highest BCUT2D eigenvalue weighted by Crippen LogP contribution is 2.19. The number of hydrogen-bond acceptors (Lipinski definition) is 3. The third-order valence-corrected chi connectivity index (χ3v) is 4.05. The van der Waals surface area contributed by atoms with Crippen molar-refractivity contribution in [2.24, 2.45) is 0 Å². The maximum Gasteiger partial charge on any atom is 0.339 e. The number of rotatable bonds is 4. The number of esters is 1. The molecule has 4 nitrogen and oxygen atoms in total. The summed E-state index contributed by atoms with van der Waals surface area (Å²) < 4.78 is 18.5. The van der Waals surface area contributed by atoms with E-state index in [1.165, 1.54) is 12.1 Å². The van der Waals surface area contributed by atoms with Crippen molar-refractivity contribution in [1.29, 1.82) is 0 Å². The molecule has 0 radical (unpaired) electrons. The van der Waals surface area contributed by atoms with Crippen LogP contribution in [0.25, 0.3) is 0 Å². The van der Waals surface area contributed by atoms with Crippen molar-refractivity contribution < 1.29 is 18.7 Å². The van der Waals surface area contributed by atoms with Crippen LogP contribution in [0.5, 0.6) is 0 Å². The zero-order chi connectivity index (χ0) is 17.0. The van der Waals surface area contributed by atoms with Gasteiger partial charge < -0.3 is 10.1 Å². The van der Waals surface area contributed by atoms with Gasteiger partial charge in [0, 0.05) is 10.2 Å². The van der Waals surface area contributed by atoms with E-state index in [-0.39, 0.29) is 5.56 Å². The molecule has 0 aliphatic rings. The zero-order valence-corrected chi connectivity index (χ0v) is 14.2. The molecule has 0 aliphatic carbocycles. The van der Waals surface area contributed by atoms with Crippen LogP contribution in [0, 0.1) is 19.7 Å². The molecule has 0 aliphatic heterocycles. The van der Waals surface area contributed by atoms with Gasteiger partial charge in [0.15, 0.2) is 6.61 Å². The maximum atomic E-state index is 13.2. The number of ether oxygens (including phenoxy) is 1. The standard InChI is InChI=1S/C17H15BrFNO3/c1-10-4-3-5-15(11(10)2)20-16(21)9-23-17(22)13-8-12(19)6-7-14(13)18/h3-8H,9H2,1-2H3,(H,20,21). The lowest BCUT2D eigenvalue weighted by atomic mass is 10.1. The quantitative estimate of drug-likeness (QED) is 0.816. The van der Waals surface area contributed by atoms with Crippen molar-refractivity contribution in [3.63, 3.8) is 0 Å². The summed E-state index contributed by atoms with van der Waals surface area (Å²) in [5.74, 6) is -1.79. The summed E-state index contributed by atoms with van der Waals surface area (Å²) in [6.45, 7) is 3.38. The van der Waals surface area contributed by atoms with Crippen molar-refractivity contribution in [3.05, 3.63) is 63.4 Å². The fraction of sp³-hybridized carbons (Fsp3) is 0.176. The molecule has 0 fully saturated rings. The van der Waals surface area contributed by atoms with Gasteiger partial charge in [0.05, 0.1) is 5.56 Å². The van der Waals surface area contributed by atoms with Crippen molar-refractivity contribution in [1.82, 2.24) is 0 Å². The van der Waals surface area contributed by atoms with Gasteiger partial charge in [-0.2, -0.15) is 0 Å². The lowest BCUT2D eigenvalue weighted by molar-refractivity contribution is -0.119. The van der Waals surface area contributed by atoms with Crippen LogP contribution in [0.3, 0.4) is 0 Å². The van der Waals surface area contributed by atoms with Crippen molar-refractivity contribution >= 4 is 33.5 Å². The van der Waals surface area contributed by atoms with Crippen LogP contribution >= 0.6 is 15.9 Å². The van der Waals surface area contributed by atoms with Crippen LogP contribution in [-0.4, -0.2) is 18.5 Å². The van der Waals surface area contributed by atoms with Gasteiger partial charge in [0.25, 0.3) is 5.91 Å². The Morgan fingerprint density at radius 2 is 1.96 bits per heavy atom. The molecule has 0 spiro atoms. The minimum Gasteiger partial charge on any atom is -0.452 e. The van der Waals surface area contributed by atoms with E-state index in [2.05, 4.69) is 21.2 Å². The molecule has 23 heavy (non-hydrogen) atoms. The van der Waals surface area contributed by atoms with E-state index in [9.17, 15) is 14.0 Å². The third kappa shape index (κ3) is 4.39. The van der Waals surface area contributed by atoms with Gasteiger partial charge in [-0.3, -0.25) is 4.79 Å². The lowest BCUT2D eigenvalue weighted by Gasteiger charge is -2.11. The summed E-state index contributed by atoms with van der Waals surface area (Å²) in [6, 6.07) is 9.21. The number of nitrogens with one attached hydrogen (secondary N) is 1. The van der Waals surface area contributed by atoms with Gasteiger partial charge in [-0.1, -0.05) is 12.1 Å². The first-order chi connectivity index (χ1) is 10.9. The molecule has 120 valence electrons. The summed E-state index contributed by atoms with van der Waals surface area (Å²) in [5.41, 5.74) is 2.69. The molecular formula is C17H15BrFNO3. The summed E-state index contributed by atoms with van der Waals surface area (Å²) in [5, 5.41) is 2.68. The first kappa shape index (κ1) is 17.1. The number of aryl methyl sites for hydroxylation is 1. The topological polar surface area (TPSA) is 55.4 Å². The second kappa shape index (κ2) is 7.37. The van der Waals surface area contributed by atoms with Gasteiger partial charge in [0.1, 0.15) is 5.82 Å². The third-order valence-electron chi connectivity index (χ3n) is 3.36. The van der Waals surface area contributed by atoms with Crippen molar-refractivity contribution in [2.75, 3.05) is 11.9 Å². The number of benzene rings is 2. The van der Waals surface area contributed by atoms with Crippen LogP contribution < -0.4 is 5.32 Å². The van der Waals surface area contributed by atoms with Gasteiger partial charge in [-0.15, -0.1) is 0 Å². The second-order valence-electron chi connectivity index (χ2n) is 5.00. The molecule has 2 aromatic rings. The molecule has 0 heterocycles. The number of amides is 1. The fourth-order valence-corrected chi connectivity index (χ4v) is 2.34. The van der Waals surface area contributed by atoms with E-state index >= 15 is 0 Å². The number of carbonyl (C=O) groups excluding carboxylic acids is 2. The highest BCUT2D eigenvalue weighted by Gasteiger charge is 2.15. The summed E-state index contributed by atoms with van der Waals surface area (Å²) in [4.78, 5) is 23.8. The van der Waals surface area contributed by atoms with Gasteiger partial charge in [-0.05, 0) is 65.2 Å². The highest BCUT2D eigenvalue weighted by atomic mass is 79.9. The summed E-state index contributed by atoms with van der Waals surface area (Å²) >= 11 is 3.14. The Hall–Kier alpha value is -2.21. The van der Waals surface area contributed by atoms with E-state index in [1.54, 1.807) is 6.07 Å². The predicted octanol–water partition coefficient (Wildman–Crippen LogP) is 4.00.